The van der Waals surface area contributed by atoms with Crippen LogP contribution in [0.3, 0.4) is 0 Å². The molecule has 2 aliphatic heterocycles. The maximum atomic E-state index is 12.2. The Morgan fingerprint density at radius 2 is 1.95 bits per heavy atom. The highest BCUT2D eigenvalue weighted by Crippen LogP contribution is 2.36. The van der Waals surface area contributed by atoms with Crippen LogP contribution in [-0.2, 0) is 14.3 Å². The molecule has 4 nitrogen and oxygen atoms in total. The van der Waals surface area contributed by atoms with Gasteiger partial charge in [0.15, 0.2) is 5.78 Å². The fourth-order valence-electron chi connectivity index (χ4n) is 2.26. The average molecular weight is 302 g/mol. The van der Waals surface area contributed by atoms with Crippen molar-refractivity contribution >= 4 is 35.3 Å². The zero-order chi connectivity index (χ0) is 13.9. The van der Waals surface area contributed by atoms with Crippen molar-refractivity contribution < 1.29 is 19.4 Å². The van der Waals surface area contributed by atoms with Gasteiger partial charge in [0.25, 0.3) is 0 Å². The Hall–Kier alpha value is -0.620. The summed E-state index contributed by atoms with van der Waals surface area (Å²) in [6.07, 6.45) is 1.22. The Balaban J connectivity index is 2.20. The molecule has 0 saturated carbocycles. The second-order valence-corrected chi connectivity index (χ2v) is 7.06. The van der Waals surface area contributed by atoms with Gasteiger partial charge in [-0.05, 0) is 6.42 Å². The quantitative estimate of drug-likeness (QED) is 0.365. The minimum absolute atomic E-state index is 0.124. The normalized spacial score (nSPS) is 25.9. The highest BCUT2D eigenvalue weighted by molar-refractivity contribution is 8.03. The molecule has 6 heteroatoms. The molecule has 2 saturated heterocycles. The molecule has 0 radical (unpaired) electrons. The van der Waals surface area contributed by atoms with E-state index in [4.69, 9.17) is 4.74 Å². The van der Waals surface area contributed by atoms with E-state index in [1.54, 1.807) is 23.5 Å². The SMILES string of the molecule is CCCC(O)=C1C(=O)CC2(CSCCSC2)OC1=O. The zero-order valence-corrected chi connectivity index (χ0v) is 12.6. The van der Waals surface area contributed by atoms with E-state index >= 15 is 0 Å². The van der Waals surface area contributed by atoms with Crippen LogP contribution in [0.25, 0.3) is 0 Å². The van der Waals surface area contributed by atoms with Gasteiger partial charge in [0.2, 0.25) is 0 Å². The van der Waals surface area contributed by atoms with E-state index in [0.29, 0.717) is 24.3 Å². The molecule has 2 rings (SSSR count). The van der Waals surface area contributed by atoms with Crippen LogP contribution in [0.15, 0.2) is 11.3 Å². The number of carbonyl (C=O) groups excluding carboxylic acids is 2. The summed E-state index contributed by atoms with van der Waals surface area (Å²) in [5.74, 6) is 2.32. The number of ether oxygens (including phenoxy) is 1. The van der Waals surface area contributed by atoms with E-state index < -0.39 is 11.6 Å². The minimum Gasteiger partial charge on any atom is -0.511 e. The number of esters is 1. The van der Waals surface area contributed by atoms with E-state index in [1.807, 2.05) is 6.92 Å². The van der Waals surface area contributed by atoms with Gasteiger partial charge in [-0.3, -0.25) is 4.79 Å². The third kappa shape index (κ3) is 3.28. The first-order valence-corrected chi connectivity index (χ1v) is 8.73. The number of carbonyl (C=O) groups is 2. The molecular formula is C13H18O4S2. The number of aliphatic hydroxyl groups excluding tert-OH is 1. The number of thioether (sulfide) groups is 2. The van der Waals surface area contributed by atoms with Gasteiger partial charge in [-0.2, -0.15) is 23.5 Å². The van der Waals surface area contributed by atoms with Gasteiger partial charge >= 0.3 is 5.97 Å². The molecule has 1 spiro atoms. The third-order valence-corrected chi connectivity index (χ3v) is 5.86. The second kappa shape index (κ2) is 6.22. The molecule has 0 aromatic heterocycles. The number of Topliss-reactive ketones (excluding diaryl/α,β-unsaturated/α-hetero) is 1. The third-order valence-electron chi connectivity index (χ3n) is 3.15. The molecule has 0 aliphatic carbocycles. The maximum absolute atomic E-state index is 12.2. The van der Waals surface area contributed by atoms with Gasteiger partial charge in [0.1, 0.15) is 16.9 Å². The van der Waals surface area contributed by atoms with Crippen LogP contribution >= 0.6 is 23.5 Å². The topological polar surface area (TPSA) is 63.6 Å². The van der Waals surface area contributed by atoms with Crippen LogP contribution in [0.1, 0.15) is 26.2 Å². The van der Waals surface area contributed by atoms with Crippen LogP contribution in [0.4, 0.5) is 0 Å². The molecule has 0 atom stereocenters. The van der Waals surface area contributed by atoms with E-state index in [1.165, 1.54) is 0 Å². The summed E-state index contributed by atoms with van der Waals surface area (Å²) in [7, 11) is 0. The van der Waals surface area contributed by atoms with Crippen molar-refractivity contribution in [3.63, 3.8) is 0 Å². The van der Waals surface area contributed by atoms with Gasteiger partial charge in [0, 0.05) is 29.4 Å². The second-order valence-electron chi connectivity index (χ2n) is 4.85. The molecule has 2 heterocycles. The number of rotatable bonds is 2. The van der Waals surface area contributed by atoms with Crippen molar-refractivity contribution in [2.45, 2.75) is 31.8 Å². The first-order chi connectivity index (χ1) is 9.08. The molecule has 0 aromatic carbocycles. The molecule has 106 valence electrons. The highest BCUT2D eigenvalue weighted by atomic mass is 32.2. The number of hydrogen-bond donors (Lipinski definition) is 1. The lowest BCUT2D eigenvalue weighted by molar-refractivity contribution is -0.158. The summed E-state index contributed by atoms with van der Waals surface area (Å²) < 4.78 is 5.53. The Kier molecular flexibility index (Phi) is 4.84. The highest BCUT2D eigenvalue weighted by Gasteiger charge is 2.45. The van der Waals surface area contributed by atoms with Crippen molar-refractivity contribution in [3.05, 3.63) is 11.3 Å². The van der Waals surface area contributed by atoms with Gasteiger partial charge in [-0.15, -0.1) is 0 Å². The predicted octanol–water partition coefficient (Wildman–Crippen LogP) is 2.33. The first kappa shape index (κ1) is 14.8. The van der Waals surface area contributed by atoms with Crippen molar-refractivity contribution in [2.75, 3.05) is 23.0 Å². The van der Waals surface area contributed by atoms with Gasteiger partial charge in [-0.1, -0.05) is 6.92 Å². The van der Waals surface area contributed by atoms with Crippen molar-refractivity contribution in [1.29, 1.82) is 0 Å². The number of ketones is 1. The van der Waals surface area contributed by atoms with Crippen molar-refractivity contribution in [3.8, 4) is 0 Å². The Bertz CT molecular complexity index is 387. The smallest absolute Gasteiger partial charge is 0.345 e. The van der Waals surface area contributed by atoms with Crippen LogP contribution in [0.2, 0.25) is 0 Å². The molecule has 1 N–H and O–H groups in total. The van der Waals surface area contributed by atoms with Crippen LogP contribution in [0, 0.1) is 0 Å². The summed E-state index contributed by atoms with van der Waals surface area (Å²) in [6, 6.07) is 0. The van der Waals surface area contributed by atoms with E-state index in [9.17, 15) is 14.7 Å². The molecule has 0 amide bonds. The fourth-order valence-corrected chi connectivity index (χ4v) is 4.89. The number of aliphatic hydroxyl groups is 1. The molecule has 2 fully saturated rings. The Morgan fingerprint density at radius 1 is 1.32 bits per heavy atom. The van der Waals surface area contributed by atoms with E-state index in [-0.39, 0.29) is 23.5 Å². The summed E-state index contributed by atoms with van der Waals surface area (Å²) in [5, 5.41) is 9.80. The predicted molar refractivity (Wildman–Crippen MR) is 77.7 cm³/mol. The van der Waals surface area contributed by atoms with Gasteiger partial charge in [0.05, 0.1) is 6.42 Å². The van der Waals surface area contributed by atoms with E-state index in [2.05, 4.69) is 0 Å². The van der Waals surface area contributed by atoms with Crippen LogP contribution < -0.4 is 0 Å². The number of allylic oxidation sites excluding steroid dienone is 1. The molecule has 19 heavy (non-hydrogen) atoms. The Morgan fingerprint density at radius 3 is 2.47 bits per heavy atom. The standard InChI is InChI=1S/C13H18O4S2/c1-2-3-9(14)11-10(15)6-13(17-12(11)16)7-18-4-5-19-8-13/h14H,2-8H2,1H3. The average Bonchev–Trinajstić information content (AvgIpc) is 2.54. The van der Waals surface area contributed by atoms with Gasteiger partial charge in [-0.25, -0.2) is 4.79 Å². The molecule has 0 aromatic rings. The zero-order valence-electron chi connectivity index (χ0n) is 10.9. The largest absolute Gasteiger partial charge is 0.511 e. The summed E-state index contributed by atoms with van der Waals surface area (Å²) in [5.41, 5.74) is -0.803. The lowest BCUT2D eigenvalue weighted by Crippen LogP contribution is -2.48. The van der Waals surface area contributed by atoms with Crippen molar-refractivity contribution in [2.24, 2.45) is 0 Å². The lowest BCUT2D eigenvalue weighted by Gasteiger charge is -2.35. The van der Waals surface area contributed by atoms with Crippen molar-refractivity contribution in [1.82, 2.24) is 0 Å². The molecule has 2 aliphatic rings. The lowest BCUT2D eigenvalue weighted by atomic mass is 9.92. The fraction of sp³-hybridized carbons (Fsp3) is 0.692. The Labute approximate surface area is 121 Å². The number of hydrogen-bond acceptors (Lipinski definition) is 6. The maximum Gasteiger partial charge on any atom is 0.345 e. The summed E-state index contributed by atoms with van der Waals surface area (Å²) >= 11 is 3.43. The first-order valence-electron chi connectivity index (χ1n) is 6.42. The molecule has 0 unspecified atom stereocenters. The van der Waals surface area contributed by atoms with Crippen LogP contribution in [0.5, 0.6) is 0 Å². The molecule has 0 bridgehead atoms. The summed E-state index contributed by atoms with van der Waals surface area (Å²) in [6.45, 7) is 1.88. The summed E-state index contributed by atoms with van der Waals surface area (Å²) in [4.78, 5) is 24.2. The monoisotopic (exact) mass is 302 g/mol. The van der Waals surface area contributed by atoms with Crippen LogP contribution in [-0.4, -0.2) is 45.5 Å². The minimum atomic E-state index is -0.671. The van der Waals surface area contributed by atoms with Gasteiger partial charge < -0.3 is 9.84 Å². The van der Waals surface area contributed by atoms with E-state index in [0.717, 1.165) is 11.5 Å². The molecular weight excluding hydrogens is 284 g/mol.